The minimum Gasteiger partial charge on any atom is -0.496 e. The zero-order valence-corrected chi connectivity index (χ0v) is 11.9. The van der Waals surface area contributed by atoms with Gasteiger partial charge in [0.2, 0.25) is 0 Å². The summed E-state index contributed by atoms with van der Waals surface area (Å²) in [6.45, 7) is 4.29. The Balaban J connectivity index is 2.13. The van der Waals surface area contributed by atoms with E-state index in [1.807, 2.05) is 42.2 Å². The second kappa shape index (κ2) is 5.89. The number of aromatic nitrogens is 2. The Bertz CT molecular complexity index is 536. The van der Waals surface area contributed by atoms with Crippen molar-refractivity contribution in [3.8, 4) is 5.75 Å². The summed E-state index contributed by atoms with van der Waals surface area (Å²) in [7, 11) is 3.66. The van der Waals surface area contributed by atoms with Crippen LogP contribution in [0.4, 0.5) is 0 Å². The second-order valence-electron chi connectivity index (χ2n) is 4.73. The molecule has 0 aliphatic heterocycles. The number of para-hydroxylation sites is 1. The van der Waals surface area contributed by atoms with Crippen LogP contribution in [-0.2, 0) is 7.05 Å². The van der Waals surface area contributed by atoms with Gasteiger partial charge in [-0.15, -0.1) is 0 Å². The zero-order chi connectivity index (χ0) is 13.8. The van der Waals surface area contributed by atoms with Crippen LogP contribution in [0.15, 0.2) is 36.5 Å². The largest absolute Gasteiger partial charge is 0.496 e. The molecule has 0 spiro atoms. The molecule has 0 fully saturated rings. The topological polar surface area (TPSA) is 39.1 Å². The van der Waals surface area contributed by atoms with Gasteiger partial charge in [-0.25, -0.2) is 0 Å². The average Bonchev–Trinajstić information content (AvgIpc) is 2.85. The van der Waals surface area contributed by atoms with Gasteiger partial charge in [-0.05, 0) is 26.0 Å². The van der Waals surface area contributed by atoms with Gasteiger partial charge in [0.05, 0.1) is 12.8 Å². The number of ether oxygens (including phenoxy) is 1. The van der Waals surface area contributed by atoms with E-state index in [9.17, 15) is 0 Å². The monoisotopic (exact) mass is 259 g/mol. The maximum absolute atomic E-state index is 5.40. The lowest BCUT2D eigenvalue weighted by Crippen LogP contribution is -2.24. The van der Waals surface area contributed by atoms with Gasteiger partial charge in [-0.3, -0.25) is 4.68 Å². The Labute approximate surface area is 114 Å². The Morgan fingerprint density at radius 2 is 1.89 bits per heavy atom. The summed E-state index contributed by atoms with van der Waals surface area (Å²) >= 11 is 0. The third-order valence-electron chi connectivity index (χ3n) is 3.41. The maximum Gasteiger partial charge on any atom is 0.123 e. The lowest BCUT2D eigenvalue weighted by molar-refractivity contribution is 0.394. The number of rotatable bonds is 5. The highest BCUT2D eigenvalue weighted by Crippen LogP contribution is 2.26. The summed E-state index contributed by atoms with van der Waals surface area (Å²) in [5, 5.41) is 7.78. The van der Waals surface area contributed by atoms with Crippen LogP contribution in [0.1, 0.15) is 37.2 Å². The summed E-state index contributed by atoms with van der Waals surface area (Å²) < 4.78 is 7.30. The molecule has 0 saturated heterocycles. The highest BCUT2D eigenvalue weighted by molar-refractivity contribution is 5.35. The molecule has 1 aromatic carbocycles. The van der Waals surface area contributed by atoms with Crippen LogP contribution in [0, 0.1) is 0 Å². The Morgan fingerprint density at radius 1 is 1.16 bits per heavy atom. The van der Waals surface area contributed by atoms with E-state index in [1.165, 1.54) is 11.3 Å². The predicted octanol–water partition coefficient (Wildman–Crippen LogP) is 2.84. The number of hydrogen-bond acceptors (Lipinski definition) is 3. The van der Waals surface area contributed by atoms with Crippen LogP contribution in [0.2, 0.25) is 0 Å². The van der Waals surface area contributed by atoms with E-state index in [4.69, 9.17) is 4.74 Å². The van der Waals surface area contributed by atoms with Gasteiger partial charge in [0, 0.05) is 30.9 Å². The van der Waals surface area contributed by atoms with Crippen molar-refractivity contribution in [1.82, 2.24) is 15.1 Å². The number of methoxy groups -OCH3 is 1. The highest BCUT2D eigenvalue weighted by atomic mass is 16.5. The smallest absolute Gasteiger partial charge is 0.123 e. The third kappa shape index (κ3) is 2.96. The van der Waals surface area contributed by atoms with E-state index >= 15 is 0 Å². The van der Waals surface area contributed by atoms with Crippen LogP contribution in [0.25, 0.3) is 0 Å². The molecule has 2 atom stereocenters. The van der Waals surface area contributed by atoms with Crippen LogP contribution < -0.4 is 10.1 Å². The van der Waals surface area contributed by atoms with Crippen LogP contribution >= 0.6 is 0 Å². The van der Waals surface area contributed by atoms with Crippen molar-refractivity contribution in [3.05, 3.63) is 47.8 Å². The van der Waals surface area contributed by atoms with Crippen molar-refractivity contribution in [2.45, 2.75) is 25.9 Å². The van der Waals surface area contributed by atoms with Gasteiger partial charge >= 0.3 is 0 Å². The highest BCUT2D eigenvalue weighted by Gasteiger charge is 2.16. The molecule has 19 heavy (non-hydrogen) atoms. The van der Waals surface area contributed by atoms with Crippen molar-refractivity contribution in [1.29, 1.82) is 0 Å². The predicted molar refractivity (Wildman–Crippen MR) is 76.2 cm³/mol. The minimum atomic E-state index is 0.209. The summed E-state index contributed by atoms with van der Waals surface area (Å²) in [5.41, 5.74) is 2.33. The Morgan fingerprint density at radius 3 is 2.53 bits per heavy atom. The molecule has 0 saturated carbocycles. The lowest BCUT2D eigenvalue weighted by atomic mass is 10.1. The number of nitrogens with one attached hydrogen (secondary N) is 1. The average molecular weight is 259 g/mol. The first kappa shape index (κ1) is 13.6. The molecule has 102 valence electrons. The molecule has 4 nitrogen and oxygen atoms in total. The molecule has 0 amide bonds. The molecule has 1 aromatic heterocycles. The van der Waals surface area contributed by atoms with Crippen molar-refractivity contribution in [2.24, 2.45) is 7.05 Å². The Kier molecular flexibility index (Phi) is 4.22. The van der Waals surface area contributed by atoms with Gasteiger partial charge in [-0.2, -0.15) is 5.10 Å². The first-order valence-corrected chi connectivity index (χ1v) is 6.50. The molecule has 1 unspecified atom stereocenters. The van der Waals surface area contributed by atoms with E-state index in [2.05, 4.69) is 30.3 Å². The maximum atomic E-state index is 5.40. The lowest BCUT2D eigenvalue weighted by Gasteiger charge is -2.22. The molecular formula is C15H21N3O. The quantitative estimate of drug-likeness (QED) is 0.897. The van der Waals surface area contributed by atoms with E-state index < -0.39 is 0 Å². The van der Waals surface area contributed by atoms with Crippen LogP contribution in [0.3, 0.4) is 0 Å². The van der Waals surface area contributed by atoms with Crippen molar-refractivity contribution in [2.75, 3.05) is 7.11 Å². The zero-order valence-electron chi connectivity index (χ0n) is 11.9. The number of hydrogen-bond donors (Lipinski definition) is 1. The molecule has 1 heterocycles. The third-order valence-corrected chi connectivity index (χ3v) is 3.41. The second-order valence-corrected chi connectivity index (χ2v) is 4.73. The fourth-order valence-electron chi connectivity index (χ4n) is 2.38. The Hall–Kier alpha value is -1.81. The minimum absolute atomic E-state index is 0.209. The van der Waals surface area contributed by atoms with Crippen molar-refractivity contribution in [3.63, 3.8) is 0 Å². The molecule has 1 N–H and O–H groups in total. The van der Waals surface area contributed by atoms with Crippen LogP contribution in [0.5, 0.6) is 5.75 Å². The summed E-state index contributed by atoms with van der Waals surface area (Å²) in [4.78, 5) is 0. The fourth-order valence-corrected chi connectivity index (χ4v) is 2.38. The van der Waals surface area contributed by atoms with Gasteiger partial charge in [0.15, 0.2) is 0 Å². The molecule has 0 radical (unpaired) electrons. The van der Waals surface area contributed by atoms with E-state index in [1.54, 1.807) is 7.11 Å². The standard InChI is InChI=1S/C15H21N3O/c1-11(13-7-5-6-8-15(13)19-4)17-12(2)14-9-10-16-18(14)3/h5-12,17H,1-4H3/t11-,12?/m0/s1. The van der Waals surface area contributed by atoms with Gasteiger partial charge in [0.1, 0.15) is 5.75 Å². The van der Waals surface area contributed by atoms with Crippen LogP contribution in [-0.4, -0.2) is 16.9 Å². The first-order chi connectivity index (χ1) is 9.13. The van der Waals surface area contributed by atoms with Gasteiger partial charge < -0.3 is 10.1 Å². The van der Waals surface area contributed by atoms with Crippen molar-refractivity contribution >= 4 is 0 Å². The molecule has 2 aromatic rings. The first-order valence-electron chi connectivity index (χ1n) is 6.50. The molecule has 0 aliphatic carbocycles. The number of benzene rings is 1. The van der Waals surface area contributed by atoms with Gasteiger partial charge in [0.25, 0.3) is 0 Å². The van der Waals surface area contributed by atoms with E-state index in [0.717, 1.165) is 5.75 Å². The molecule has 2 rings (SSSR count). The fraction of sp³-hybridized carbons (Fsp3) is 0.400. The number of aryl methyl sites for hydroxylation is 1. The summed E-state index contributed by atoms with van der Waals surface area (Å²) in [6, 6.07) is 10.6. The van der Waals surface area contributed by atoms with E-state index in [0.29, 0.717) is 0 Å². The molecule has 4 heteroatoms. The molecule has 0 bridgehead atoms. The van der Waals surface area contributed by atoms with Gasteiger partial charge in [-0.1, -0.05) is 18.2 Å². The number of nitrogens with zero attached hydrogens (tertiary/aromatic N) is 2. The summed E-state index contributed by atoms with van der Waals surface area (Å²) in [5.74, 6) is 0.916. The van der Waals surface area contributed by atoms with Crippen molar-refractivity contribution < 1.29 is 4.74 Å². The molecule has 0 aliphatic rings. The van der Waals surface area contributed by atoms with E-state index in [-0.39, 0.29) is 12.1 Å². The SMILES string of the molecule is COc1ccccc1[C@H](C)NC(C)c1ccnn1C. The normalized spacial score (nSPS) is 14.1. The summed E-state index contributed by atoms with van der Waals surface area (Å²) in [6.07, 6.45) is 1.82. The molecular weight excluding hydrogens is 238 g/mol.